The molecule has 6 unspecified atom stereocenters. The fourth-order valence-corrected chi connectivity index (χ4v) is 5.59. The molecule has 1 aromatic heterocycles. The van der Waals surface area contributed by atoms with Crippen LogP contribution in [0.25, 0.3) is 11.0 Å². The Labute approximate surface area is 261 Å². The monoisotopic (exact) mass is 651 g/mol. The van der Waals surface area contributed by atoms with Crippen molar-refractivity contribution in [3.63, 3.8) is 0 Å². The largest absolute Gasteiger partial charge is 0.483 e. The van der Waals surface area contributed by atoms with Crippen LogP contribution in [0.1, 0.15) is 52.2 Å². The molecular weight excluding hydrogens is 614 g/mol. The fraction of sp³-hybridized carbons (Fsp3) is 0.517. The number of carboxylic acids is 2. The molecule has 15 nitrogen and oxygen atoms in total. The molecule has 2 heterocycles. The predicted octanol–water partition coefficient (Wildman–Crippen LogP) is 0.545. The molecule has 0 aliphatic carbocycles. The predicted molar refractivity (Wildman–Crippen MR) is 161 cm³/mol. The summed E-state index contributed by atoms with van der Waals surface area (Å²) < 4.78 is 17.3. The highest BCUT2D eigenvalue weighted by Gasteiger charge is 2.48. The third-order valence-corrected chi connectivity index (χ3v) is 8.67. The molecule has 6 atom stereocenters. The van der Waals surface area contributed by atoms with Gasteiger partial charge in [-0.1, -0.05) is 13.8 Å². The van der Waals surface area contributed by atoms with E-state index in [-0.39, 0.29) is 29.9 Å². The van der Waals surface area contributed by atoms with Crippen LogP contribution in [-0.2, 0) is 28.7 Å². The van der Waals surface area contributed by atoms with Gasteiger partial charge in [0.15, 0.2) is 12.2 Å². The highest BCUT2D eigenvalue weighted by molar-refractivity contribution is 8.00. The molecule has 2 aromatic rings. The molecule has 0 saturated heterocycles. The number of benzene rings is 1. The van der Waals surface area contributed by atoms with Crippen LogP contribution in [0.4, 0.5) is 0 Å². The number of rotatable bonds is 15. The fourth-order valence-electron chi connectivity index (χ4n) is 4.46. The zero-order valence-corrected chi connectivity index (χ0v) is 25.9. The van der Waals surface area contributed by atoms with E-state index in [4.69, 9.17) is 29.8 Å². The Bertz CT molecular complexity index is 1500. The summed E-state index contributed by atoms with van der Waals surface area (Å²) in [5, 5.41) is 33.4. The molecule has 0 fully saturated rings. The zero-order valence-electron chi connectivity index (χ0n) is 25.1. The summed E-state index contributed by atoms with van der Waals surface area (Å²) in [5.41, 5.74) is 3.81. The van der Waals surface area contributed by atoms with E-state index < -0.39 is 83.0 Å². The van der Waals surface area contributed by atoms with Gasteiger partial charge >= 0.3 is 23.5 Å². The van der Waals surface area contributed by atoms with Gasteiger partial charge in [0.25, 0.3) is 0 Å². The Hall–Kier alpha value is -4.15. The van der Waals surface area contributed by atoms with Crippen molar-refractivity contribution in [1.29, 1.82) is 0 Å². The summed E-state index contributed by atoms with van der Waals surface area (Å²) in [7, 11) is 0. The van der Waals surface area contributed by atoms with Crippen LogP contribution >= 0.6 is 11.8 Å². The summed E-state index contributed by atoms with van der Waals surface area (Å²) >= 11 is 1.13. The van der Waals surface area contributed by atoms with Crippen LogP contribution in [0.15, 0.2) is 33.5 Å². The van der Waals surface area contributed by atoms with Gasteiger partial charge in [-0.3, -0.25) is 24.0 Å². The van der Waals surface area contributed by atoms with Crippen molar-refractivity contribution < 1.29 is 53.2 Å². The Morgan fingerprint density at radius 3 is 2.40 bits per heavy atom. The minimum atomic E-state index is -1.47. The van der Waals surface area contributed by atoms with Crippen LogP contribution in [0.2, 0.25) is 0 Å². The molecule has 1 aliphatic rings. The van der Waals surface area contributed by atoms with Crippen molar-refractivity contribution in [2.75, 3.05) is 12.3 Å². The lowest BCUT2D eigenvalue weighted by atomic mass is 9.93. The molecule has 2 amide bonds. The van der Waals surface area contributed by atoms with Crippen LogP contribution in [0.5, 0.6) is 5.75 Å². The molecule has 7 N–H and O–H groups in total. The van der Waals surface area contributed by atoms with Gasteiger partial charge in [0.1, 0.15) is 30.0 Å². The molecule has 0 radical (unpaired) electrons. The Morgan fingerprint density at radius 2 is 1.78 bits per heavy atom. The molecule has 45 heavy (non-hydrogen) atoms. The van der Waals surface area contributed by atoms with E-state index in [0.29, 0.717) is 10.9 Å². The maximum atomic E-state index is 13.4. The van der Waals surface area contributed by atoms with E-state index in [1.54, 1.807) is 32.0 Å². The number of carboxylic acid groups (broad SMARTS) is 2. The first-order chi connectivity index (χ1) is 21.0. The van der Waals surface area contributed by atoms with Crippen molar-refractivity contribution in [2.24, 2.45) is 11.7 Å². The van der Waals surface area contributed by atoms with E-state index in [0.717, 1.165) is 11.8 Å². The summed E-state index contributed by atoms with van der Waals surface area (Å²) in [6.45, 7) is 5.57. The van der Waals surface area contributed by atoms with E-state index in [1.165, 1.54) is 19.9 Å². The minimum absolute atomic E-state index is 0.0710. The molecule has 16 heteroatoms. The summed E-state index contributed by atoms with van der Waals surface area (Å²) in [6.07, 6.45) is -2.64. The first-order valence-corrected chi connectivity index (χ1v) is 15.1. The van der Waals surface area contributed by atoms with Crippen molar-refractivity contribution >= 4 is 52.5 Å². The van der Waals surface area contributed by atoms with E-state index in [1.807, 2.05) is 0 Å². The lowest BCUT2D eigenvalue weighted by Gasteiger charge is -2.30. The van der Waals surface area contributed by atoms with E-state index in [2.05, 4.69) is 10.6 Å². The number of esters is 1. The van der Waals surface area contributed by atoms with Gasteiger partial charge in [-0.15, -0.1) is 0 Å². The van der Waals surface area contributed by atoms with Crippen molar-refractivity contribution in [1.82, 2.24) is 10.6 Å². The Balaban J connectivity index is 1.73. The van der Waals surface area contributed by atoms with Crippen molar-refractivity contribution in [2.45, 2.75) is 75.7 Å². The number of nitrogens with two attached hydrogens (primary N) is 1. The van der Waals surface area contributed by atoms with E-state index >= 15 is 0 Å². The Morgan fingerprint density at radius 1 is 1.11 bits per heavy atom. The van der Waals surface area contributed by atoms with Gasteiger partial charge < -0.3 is 45.6 Å². The number of thioether (sulfide) groups is 1. The topological polar surface area (TPSA) is 245 Å². The molecule has 0 spiro atoms. The number of aliphatic carboxylic acids is 2. The van der Waals surface area contributed by atoms with E-state index in [9.17, 15) is 33.9 Å². The molecular formula is C29H37N3O12S. The molecule has 1 aromatic carbocycles. The summed E-state index contributed by atoms with van der Waals surface area (Å²) in [6, 6.07) is 3.62. The quantitative estimate of drug-likeness (QED) is 0.114. The van der Waals surface area contributed by atoms with Crippen molar-refractivity contribution in [3.05, 3.63) is 40.2 Å². The minimum Gasteiger partial charge on any atom is -0.483 e. The van der Waals surface area contributed by atoms with Crippen LogP contribution < -0.4 is 26.7 Å². The number of hydrogen-bond acceptors (Lipinski definition) is 12. The SMILES string of the molecule is CC(SCC(NC(=O)CCC(N)C(=O)O)C(=O)NCC(=O)O)C(C)C(=O)OC1c2c(ccc3ccc(=O)oc23)OC1C(C)(C)O. The first kappa shape index (κ1) is 35.3. The van der Waals surface area contributed by atoms with Gasteiger partial charge in [-0.25, -0.2) is 4.79 Å². The summed E-state index contributed by atoms with van der Waals surface area (Å²) in [4.78, 5) is 72.4. The number of aliphatic hydroxyl groups is 1. The number of fused-ring (bicyclic) bond motifs is 3. The average Bonchev–Trinajstić information content (AvgIpc) is 3.35. The maximum Gasteiger partial charge on any atom is 0.336 e. The van der Waals surface area contributed by atoms with Crippen LogP contribution in [0, 0.1) is 5.92 Å². The molecule has 0 saturated carbocycles. The smallest absolute Gasteiger partial charge is 0.336 e. The number of carbonyl (C=O) groups is 5. The number of hydrogen-bond donors (Lipinski definition) is 6. The molecule has 0 bridgehead atoms. The molecule has 3 rings (SSSR count). The third-order valence-electron chi connectivity index (χ3n) is 7.21. The molecule has 246 valence electrons. The number of amides is 2. The van der Waals surface area contributed by atoms with Gasteiger partial charge in [-0.2, -0.15) is 11.8 Å². The summed E-state index contributed by atoms with van der Waals surface area (Å²) in [5.74, 6) is -5.31. The maximum absolute atomic E-state index is 13.4. The average molecular weight is 652 g/mol. The van der Waals surface area contributed by atoms with Gasteiger partial charge in [0, 0.05) is 28.9 Å². The molecule has 1 aliphatic heterocycles. The second-order valence-corrected chi connectivity index (χ2v) is 12.7. The number of carbonyl (C=O) groups excluding carboxylic acids is 3. The van der Waals surface area contributed by atoms with Gasteiger partial charge in [0.05, 0.1) is 17.1 Å². The number of ether oxygens (including phenoxy) is 2. The van der Waals surface area contributed by atoms with Crippen molar-refractivity contribution in [3.8, 4) is 5.75 Å². The zero-order chi connectivity index (χ0) is 33.6. The lowest BCUT2D eigenvalue weighted by molar-refractivity contribution is -0.164. The Kier molecular flexibility index (Phi) is 11.6. The first-order valence-electron chi connectivity index (χ1n) is 14.0. The van der Waals surface area contributed by atoms with Crippen LogP contribution in [0.3, 0.4) is 0 Å². The second kappa shape index (κ2) is 14.8. The third kappa shape index (κ3) is 9.18. The second-order valence-electron chi connectivity index (χ2n) is 11.2. The highest BCUT2D eigenvalue weighted by atomic mass is 32.2. The van der Waals surface area contributed by atoms with Gasteiger partial charge in [-0.05, 0) is 38.5 Å². The lowest BCUT2D eigenvalue weighted by Crippen LogP contribution is -2.50. The number of nitrogens with one attached hydrogen (secondary N) is 2. The highest BCUT2D eigenvalue weighted by Crippen LogP contribution is 2.46. The van der Waals surface area contributed by atoms with Gasteiger partial charge in [0.2, 0.25) is 11.8 Å². The standard InChI is InChI=1S/C29H37N3O12S/c1-13(14(2)45-12-17(26(37)31-11-20(34)35)32-19(33)9-7-16(30)27(38)39)28(40)44-24-22-18(42-25(24)29(3,4)41)8-5-15-6-10-21(36)43-23(15)22/h5-6,8,10,13-14,16-17,24-25,41H,7,9,11-12,30H2,1-4H3,(H,31,37)(H,32,33)(H,34,35)(H,38,39). The normalized spacial score (nSPS) is 18.5. The van der Waals surface area contributed by atoms with Crippen LogP contribution in [-0.4, -0.2) is 86.4 Å².